The minimum Gasteiger partial charge on any atom is -0.493 e. The summed E-state index contributed by atoms with van der Waals surface area (Å²) in [7, 11) is 1.73. The number of benzene rings is 2. The number of amides is 1. The van der Waals surface area contributed by atoms with E-state index < -0.39 is 5.82 Å². The zero-order valence-corrected chi connectivity index (χ0v) is 23.6. The molecular formula is C30H41ClFN3O3. The maximum atomic E-state index is 13.5. The van der Waals surface area contributed by atoms with Crippen LogP contribution < -0.4 is 15.4 Å². The fourth-order valence-electron chi connectivity index (χ4n) is 5.78. The molecule has 2 aromatic carbocycles. The van der Waals surface area contributed by atoms with Gasteiger partial charge in [-0.25, -0.2) is 4.39 Å². The highest BCUT2D eigenvalue weighted by Crippen LogP contribution is 2.38. The highest BCUT2D eigenvalue weighted by atomic mass is 35.5. The van der Waals surface area contributed by atoms with Crippen molar-refractivity contribution in [2.45, 2.75) is 77.0 Å². The first-order valence-electron chi connectivity index (χ1n) is 13.8. The molecule has 2 saturated heterocycles. The van der Waals surface area contributed by atoms with Gasteiger partial charge in [0.25, 0.3) is 5.91 Å². The number of carbonyl (C=O) groups excluding carboxylic acids is 1. The molecule has 2 unspecified atom stereocenters. The molecule has 2 aliphatic rings. The number of rotatable bonds is 13. The first-order valence-corrected chi connectivity index (χ1v) is 14.2. The zero-order chi connectivity index (χ0) is 27.1. The Morgan fingerprint density at radius 1 is 1.05 bits per heavy atom. The average Bonchev–Trinajstić information content (AvgIpc) is 3.13. The second-order valence-corrected chi connectivity index (χ2v) is 11.0. The van der Waals surface area contributed by atoms with Gasteiger partial charge >= 0.3 is 0 Å². The molecule has 8 heteroatoms. The van der Waals surface area contributed by atoms with E-state index in [-0.39, 0.29) is 17.0 Å². The van der Waals surface area contributed by atoms with E-state index in [0.717, 1.165) is 70.5 Å². The Balaban J connectivity index is 1.27. The Morgan fingerprint density at radius 3 is 2.45 bits per heavy atom. The number of hydrogen-bond donors (Lipinski definition) is 2. The van der Waals surface area contributed by atoms with Gasteiger partial charge in [-0.3, -0.25) is 9.69 Å². The largest absolute Gasteiger partial charge is 0.493 e. The zero-order valence-electron chi connectivity index (χ0n) is 22.8. The minimum atomic E-state index is -0.513. The SMILES string of the molecule is COCCCNCCCOc1ccc(CN2C3CCC2CC(NC(=O)c2ccc(F)c(Cl)c2)C3)c(C)c1C. The van der Waals surface area contributed by atoms with Gasteiger partial charge in [-0.2, -0.15) is 0 Å². The lowest BCUT2D eigenvalue weighted by Gasteiger charge is -2.39. The monoisotopic (exact) mass is 545 g/mol. The normalized spacial score (nSPS) is 21.0. The Hall–Kier alpha value is -2.19. The van der Waals surface area contributed by atoms with Crippen molar-refractivity contribution in [1.29, 1.82) is 0 Å². The van der Waals surface area contributed by atoms with E-state index in [9.17, 15) is 9.18 Å². The Morgan fingerprint density at radius 2 is 1.76 bits per heavy atom. The van der Waals surface area contributed by atoms with Crippen LogP contribution in [0.4, 0.5) is 4.39 Å². The van der Waals surface area contributed by atoms with E-state index in [1.807, 2.05) is 0 Å². The fraction of sp³-hybridized carbons (Fsp3) is 0.567. The molecule has 0 aliphatic carbocycles. The number of ether oxygens (including phenoxy) is 2. The molecule has 2 atom stereocenters. The van der Waals surface area contributed by atoms with Gasteiger partial charge in [-0.05, 0) is 106 Å². The number of hydrogen-bond acceptors (Lipinski definition) is 5. The topological polar surface area (TPSA) is 62.8 Å². The molecule has 0 spiro atoms. The summed E-state index contributed by atoms with van der Waals surface area (Å²) in [6, 6.07) is 9.47. The van der Waals surface area contributed by atoms with Gasteiger partial charge in [0.15, 0.2) is 0 Å². The molecule has 6 nitrogen and oxygen atoms in total. The van der Waals surface area contributed by atoms with Crippen LogP contribution in [0.25, 0.3) is 0 Å². The number of nitrogens with zero attached hydrogens (tertiary/aromatic N) is 1. The van der Waals surface area contributed by atoms with E-state index in [4.69, 9.17) is 21.1 Å². The summed E-state index contributed by atoms with van der Waals surface area (Å²) in [6.07, 6.45) is 6.15. The molecule has 2 bridgehead atoms. The number of piperidine rings is 1. The lowest BCUT2D eigenvalue weighted by Crippen LogP contribution is -2.50. The predicted molar refractivity (Wildman–Crippen MR) is 150 cm³/mol. The predicted octanol–water partition coefficient (Wildman–Crippen LogP) is 5.42. The summed E-state index contributed by atoms with van der Waals surface area (Å²) >= 11 is 5.87. The maximum absolute atomic E-state index is 13.5. The van der Waals surface area contributed by atoms with Gasteiger partial charge < -0.3 is 20.1 Å². The summed E-state index contributed by atoms with van der Waals surface area (Å²) in [5.41, 5.74) is 4.25. The van der Waals surface area contributed by atoms with Crippen molar-refractivity contribution >= 4 is 17.5 Å². The molecule has 0 radical (unpaired) electrons. The van der Waals surface area contributed by atoms with Gasteiger partial charge in [0, 0.05) is 44.0 Å². The lowest BCUT2D eigenvalue weighted by atomic mass is 9.94. The number of methoxy groups -OCH3 is 1. The van der Waals surface area contributed by atoms with Crippen LogP contribution in [0.3, 0.4) is 0 Å². The molecule has 2 fully saturated rings. The quantitative estimate of drug-likeness (QED) is 0.329. The van der Waals surface area contributed by atoms with Crippen LogP contribution in [0.2, 0.25) is 5.02 Å². The summed E-state index contributed by atoms with van der Waals surface area (Å²) in [6.45, 7) is 8.66. The summed E-state index contributed by atoms with van der Waals surface area (Å²) < 4.78 is 24.6. The first-order chi connectivity index (χ1) is 18.4. The Kier molecular flexibility index (Phi) is 10.4. The lowest BCUT2D eigenvalue weighted by molar-refractivity contribution is 0.0827. The molecule has 2 aliphatic heterocycles. The van der Waals surface area contributed by atoms with Crippen LogP contribution in [0.1, 0.15) is 65.6 Å². The molecular weight excluding hydrogens is 505 g/mol. The molecule has 2 heterocycles. The van der Waals surface area contributed by atoms with Crippen molar-refractivity contribution < 1.29 is 18.7 Å². The molecule has 2 aromatic rings. The molecule has 208 valence electrons. The second kappa shape index (κ2) is 13.7. The second-order valence-electron chi connectivity index (χ2n) is 10.6. The molecule has 4 rings (SSSR count). The van der Waals surface area contributed by atoms with Crippen LogP contribution in [-0.4, -0.2) is 62.3 Å². The number of halogens is 2. The van der Waals surface area contributed by atoms with Crippen molar-refractivity contribution in [2.75, 3.05) is 33.4 Å². The van der Waals surface area contributed by atoms with E-state index in [1.165, 1.54) is 34.9 Å². The van der Waals surface area contributed by atoms with Crippen molar-refractivity contribution in [3.63, 3.8) is 0 Å². The Bertz CT molecular complexity index is 1080. The summed E-state index contributed by atoms with van der Waals surface area (Å²) in [4.78, 5) is 15.4. The van der Waals surface area contributed by atoms with Gasteiger partial charge in [-0.15, -0.1) is 0 Å². The summed E-state index contributed by atoms with van der Waals surface area (Å²) in [5, 5.41) is 6.55. The van der Waals surface area contributed by atoms with Crippen LogP contribution in [0, 0.1) is 19.7 Å². The number of fused-ring (bicyclic) bond motifs is 2. The van der Waals surface area contributed by atoms with Crippen molar-refractivity contribution in [2.24, 2.45) is 0 Å². The third-order valence-corrected chi connectivity index (χ3v) is 8.35. The van der Waals surface area contributed by atoms with E-state index in [2.05, 4.69) is 41.5 Å². The van der Waals surface area contributed by atoms with E-state index >= 15 is 0 Å². The van der Waals surface area contributed by atoms with Gasteiger partial charge in [0.2, 0.25) is 0 Å². The number of carbonyl (C=O) groups is 1. The van der Waals surface area contributed by atoms with Crippen molar-refractivity contribution in [3.05, 3.63) is 63.4 Å². The molecule has 1 amide bonds. The molecule has 2 N–H and O–H groups in total. The van der Waals surface area contributed by atoms with Gasteiger partial charge in [0.1, 0.15) is 11.6 Å². The highest BCUT2D eigenvalue weighted by molar-refractivity contribution is 6.31. The number of nitrogens with one attached hydrogen (secondary N) is 2. The third kappa shape index (κ3) is 7.26. The average molecular weight is 546 g/mol. The molecule has 38 heavy (non-hydrogen) atoms. The van der Waals surface area contributed by atoms with Gasteiger partial charge in [0.05, 0.1) is 11.6 Å². The Labute approximate surface area is 231 Å². The standard InChI is InChI=1S/C30H41ClFN3O3/c1-20-21(2)29(38-15-5-13-33-12-4-14-37-3)11-7-23(20)19-35-25-8-9-26(35)18-24(17-25)34-30(36)22-6-10-28(32)27(31)16-22/h6-7,10-11,16,24-26,33H,4-5,8-9,12-15,17-19H2,1-3H3,(H,34,36). The van der Waals surface area contributed by atoms with Crippen LogP contribution in [-0.2, 0) is 11.3 Å². The maximum Gasteiger partial charge on any atom is 0.251 e. The highest BCUT2D eigenvalue weighted by Gasteiger charge is 2.41. The van der Waals surface area contributed by atoms with E-state index in [1.54, 1.807) is 7.11 Å². The van der Waals surface area contributed by atoms with Crippen LogP contribution in [0.15, 0.2) is 30.3 Å². The third-order valence-electron chi connectivity index (χ3n) is 8.06. The molecule has 0 aromatic heterocycles. The summed E-state index contributed by atoms with van der Waals surface area (Å²) in [5.74, 6) is 0.269. The minimum absolute atomic E-state index is 0.0275. The van der Waals surface area contributed by atoms with Crippen LogP contribution >= 0.6 is 11.6 Å². The fourth-order valence-corrected chi connectivity index (χ4v) is 5.96. The van der Waals surface area contributed by atoms with Crippen molar-refractivity contribution in [1.82, 2.24) is 15.5 Å². The van der Waals surface area contributed by atoms with Crippen molar-refractivity contribution in [3.8, 4) is 5.75 Å². The first kappa shape index (κ1) is 28.8. The van der Waals surface area contributed by atoms with Crippen LogP contribution in [0.5, 0.6) is 5.75 Å². The van der Waals surface area contributed by atoms with E-state index in [0.29, 0.717) is 24.3 Å². The van der Waals surface area contributed by atoms with Gasteiger partial charge in [-0.1, -0.05) is 17.7 Å². The molecule has 0 saturated carbocycles. The smallest absolute Gasteiger partial charge is 0.251 e.